The summed E-state index contributed by atoms with van der Waals surface area (Å²) in [5, 5.41) is 8.88. The van der Waals surface area contributed by atoms with E-state index < -0.39 is 17.3 Å². The molecule has 0 atom stereocenters. The Morgan fingerprint density at radius 3 is 2.47 bits per heavy atom. The van der Waals surface area contributed by atoms with Crippen molar-refractivity contribution in [3.05, 3.63) is 23.8 Å². The van der Waals surface area contributed by atoms with Crippen LogP contribution in [0.15, 0.2) is 22.5 Å². The minimum absolute atomic E-state index is 0.0598. The first-order valence-electron chi connectivity index (χ1n) is 4.58. The van der Waals surface area contributed by atoms with Crippen LogP contribution in [-0.2, 0) is 9.84 Å². The summed E-state index contributed by atoms with van der Waals surface area (Å²) in [5.41, 5.74) is 0.393. The van der Waals surface area contributed by atoms with Gasteiger partial charge in [-0.25, -0.2) is 18.2 Å². The minimum atomic E-state index is -3.76. The zero-order chi connectivity index (χ0) is 14.4. The van der Waals surface area contributed by atoms with E-state index in [0.29, 0.717) is 10.2 Å². The monoisotopic (exact) mass is 491 g/mol. The lowest BCUT2D eigenvalue weighted by atomic mass is 10.2. The van der Waals surface area contributed by atoms with Crippen LogP contribution in [0.25, 0.3) is 10.2 Å². The number of nitrogens with zero attached hydrogens (tertiary/aromatic N) is 1. The molecule has 2 rings (SSSR count). The first kappa shape index (κ1) is 15.4. The Kier molecular flexibility index (Phi) is 4.09. The Labute approximate surface area is 137 Å². The Bertz CT molecular complexity index is 763. The molecule has 10 heteroatoms. The van der Waals surface area contributed by atoms with E-state index in [0.717, 1.165) is 11.3 Å². The molecular formula is C9H4Br3NO4S2. The smallest absolute Gasteiger partial charge is 0.335 e. The molecular weight excluding hydrogens is 490 g/mol. The van der Waals surface area contributed by atoms with Gasteiger partial charge in [-0.3, -0.25) is 0 Å². The van der Waals surface area contributed by atoms with Gasteiger partial charge in [0.15, 0.2) is 0 Å². The van der Waals surface area contributed by atoms with Crippen molar-refractivity contribution >= 4 is 85.1 Å². The molecule has 0 unspecified atom stereocenters. The molecule has 1 heterocycles. The van der Waals surface area contributed by atoms with Gasteiger partial charge in [-0.05, 0) is 66.0 Å². The highest BCUT2D eigenvalue weighted by atomic mass is 80.0. The number of thiazole rings is 1. The van der Waals surface area contributed by atoms with Gasteiger partial charge in [-0.1, -0.05) is 0 Å². The second-order valence-corrected chi connectivity index (χ2v) is 15.0. The topological polar surface area (TPSA) is 84.3 Å². The fourth-order valence-corrected chi connectivity index (χ4v) is 5.77. The molecule has 0 saturated carbocycles. The van der Waals surface area contributed by atoms with Crippen molar-refractivity contribution in [2.45, 2.75) is 5.81 Å². The van der Waals surface area contributed by atoms with Gasteiger partial charge in [-0.2, -0.15) is 0 Å². The number of carboxylic acid groups (broad SMARTS) is 1. The molecule has 0 saturated heterocycles. The summed E-state index contributed by atoms with van der Waals surface area (Å²) in [7, 11) is -3.76. The number of hydrogen-bond donors (Lipinski definition) is 1. The molecule has 0 radical (unpaired) electrons. The van der Waals surface area contributed by atoms with E-state index in [4.69, 9.17) is 5.11 Å². The van der Waals surface area contributed by atoms with Gasteiger partial charge < -0.3 is 5.11 Å². The lowest BCUT2D eigenvalue weighted by Crippen LogP contribution is -2.17. The van der Waals surface area contributed by atoms with Gasteiger partial charge in [0.1, 0.15) is 0 Å². The molecule has 19 heavy (non-hydrogen) atoms. The van der Waals surface area contributed by atoms with Crippen molar-refractivity contribution in [2.24, 2.45) is 0 Å². The van der Waals surface area contributed by atoms with E-state index >= 15 is 0 Å². The molecule has 0 amide bonds. The summed E-state index contributed by atoms with van der Waals surface area (Å²) in [5.74, 6) is -1.09. The number of carbonyl (C=O) groups is 1. The van der Waals surface area contributed by atoms with Crippen LogP contribution in [0.4, 0.5) is 0 Å². The number of hydrogen-bond acceptors (Lipinski definition) is 5. The third-order valence-corrected chi connectivity index (χ3v) is 8.89. The van der Waals surface area contributed by atoms with E-state index in [1.54, 1.807) is 0 Å². The van der Waals surface area contributed by atoms with Gasteiger partial charge >= 0.3 is 5.97 Å². The fourth-order valence-electron chi connectivity index (χ4n) is 1.25. The fraction of sp³-hybridized carbons (Fsp3) is 0.111. The third-order valence-electron chi connectivity index (χ3n) is 2.15. The first-order chi connectivity index (χ1) is 8.63. The second kappa shape index (κ2) is 5.06. The van der Waals surface area contributed by atoms with Crippen molar-refractivity contribution in [1.29, 1.82) is 0 Å². The van der Waals surface area contributed by atoms with Gasteiger partial charge in [0.2, 0.25) is 15.7 Å². The normalized spacial score (nSPS) is 12.8. The number of aromatic carboxylic acids is 1. The van der Waals surface area contributed by atoms with Crippen LogP contribution in [0.1, 0.15) is 10.4 Å². The molecule has 1 aromatic carbocycles. The summed E-state index contributed by atoms with van der Waals surface area (Å²) >= 11 is 9.82. The van der Waals surface area contributed by atoms with Gasteiger partial charge in [-0.15, -0.1) is 11.3 Å². The van der Waals surface area contributed by atoms with Crippen molar-refractivity contribution < 1.29 is 18.3 Å². The Balaban J connectivity index is 2.63. The summed E-state index contributed by atoms with van der Waals surface area (Å²) in [4.78, 5) is 14.8. The summed E-state index contributed by atoms with van der Waals surface area (Å²) < 4.78 is 23.3. The van der Waals surface area contributed by atoms with Crippen LogP contribution >= 0.6 is 59.1 Å². The number of fused-ring (bicyclic) bond motifs is 1. The summed E-state index contributed by atoms with van der Waals surface area (Å²) in [6.07, 6.45) is 0. The summed E-state index contributed by atoms with van der Waals surface area (Å²) in [6, 6.07) is 4.28. The van der Waals surface area contributed by atoms with E-state index in [-0.39, 0.29) is 9.90 Å². The minimum Gasteiger partial charge on any atom is -0.478 e. The first-order valence-corrected chi connectivity index (χ1v) is 9.26. The molecule has 0 aliphatic rings. The second-order valence-electron chi connectivity index (χ2n) is 3.42. The predicted octanol–water partition coefficient (Wildman–Crippen LogP) is 3.56. The van der Waals surface area contributed by atoms with Gasteiger partial charge in [0, 0.05) is 0 Å². The number of halogens is 3. The van der Waals surface area contributed by atoms with Gasteiger partial charge in [0.05, 0.1) is 15.8 Å². The zero-order valence-electron chi connectivity index (χ0n) is 8.80. The lowest BCUT2D eigenvalue weighted by Gasteiger charge is -2.09. The summed E-state index contributed by atoms with van der Waals surface area (Å²) in [6.45, 7) is 0. The molecule has 0 aliphatic carbocycles. The Hall–Kier alpha value is -0.0300. The van der Waals surface area contributed by atoms with E-state index in [1.165, 1.54) is 18.2 Å². The standard InChI is InChI=1S/C9H4Br3NO4S2/c10-9(11,12)19(16,17)8-13-5-3-4(7(14)15)1-2-6(5)18-8/h1-3H,(H,14,15). The molecule has 0 aliphatic heterocycles. The zero-order valence-corrected chi connectivity index (χ0v) is 15.2. The van der Waals surface area contributed by atoms with E-state index in [1.807, 2.05) is 0 Å². The number of aromatic nitrogens is 1. The van der Waals surface area contributed by atoms with Crippen molar-refractivity contribution in [3.8, 4) is 0 Å². The highest BCUT2D eigenvalue weighted by Crippen LogP contribution is 2.44. The molecule has 0 spiro atoms. The molecule has 0 bridgehead atoms. The van der Waals surface area contributed by atoms with Crippen LogP contribution in [0.2, 0.25) is 0 Å². The molecule has 102 valence electrons. The number of rotatable bonds is 2. The van der Waals surface area contributed by atoms with Crippen LogP contribution in [0.3, 0.4) is 0 Å². The van der Waals surface area contributed by atoms with Crippen LogP contribution in [0, 0.1) is 0 Å². The average Bonchev–Trinajstić information content (AvgIpc) is 2.70. The third kappa shape index (κ3) is 2.87. The Morgan fingerprint density at radius 2 is 1.95 bits per heavy atom. The van der Waals surface area contributed by atoms with Crippen LogP contribution in [-0.4, -0.2) is 26.0 Å². The van der Waals surface area contributed by atoms with E-state index in [2.05, 4.69) is 52.8 Å². The van der Waals surface area contributed by atoms with Crippen molar-refractivity contribution in [1.82, 2.24) is 4.98 Å². The number of sulfone groups is 1. The number of benzene rings is 1. The van der Waals surface area contributed by atoms with Crippen LogP contribution in [0.5, 0.6) is 0 Å². The SMILES string of the molecule is O=C(O)c1ccc2sc(S(=O)(=O)C(Br)(Br)Br)nc2c1. The number of carboxylic acids is 1. The molecule has 0 fully saturated rings. The number of alkyl halides is 3. The molecule has 1 aromatic heterocycles. The highest BCUT2D eigenvalue weighted by Gasteiger charge is 2.39. The molecule has 2 aromatic rings. The highest BCUT2D eigenvalue weighted by molar-refractivity contribution is 9.42. The lowest BCUT2D eigenvalue weighted by molar-refractivity contribution is 0.0697. The quantitative estimate of drug-likeness (QED) is 0.647. The molecule has 1 N–H and O–H groups in total. The van der Waals surface area contributed by atoms with Crippen molar-refractivity contribution in [3.63, 3.8) is 0 Å². The predicted molar refractivity (Wildman–Crippen MR) is 83.3 cm³/mol. The van der Waals surface area contributed by atoms with Crippen LogP contribution < -0.4 is 0 Å². The largest absolute Gasteiger partial charge is 0.478 e. The average molecular weight is 494 g/mol. The van der Waals surface area contributed by atoms with E-state index in [9.17, 15) is 13.2 Å². The maximum absolute atomic E-state index is 12.1. The molecule has 5 nitrogen and oxygen atoms in total. The Morgan fingerprint density at radius 1 is 1.32 bits per heavy atom. The maximum atomic E-state index is 12.1. The van der Waals surface area contributed by atoms with Gasteiger partial charge in [0.25, 0.3) is 0 Å². The maximum Gasteiger partial charge on any atom is 0.335 e. The van der Waals surface area contributed by atoms with Crippen molar-refractivity contribution in [2.75, 3.05) is 0 Å².